The van der Waals surface area contributed by atoms with Crippen molar-refractivity contribution in [2.45, 2.75) is 25.8 Å². The van der Waals surface area contributed by atoms with Crippen LogP contribution in [0.4, 0.5) is 16.5 Å². The fraction of sp³-hybridized carbons (Fsp3) is 0.250. The molecule has 0 radical (unpaired) electrons. The Kier molecular flexibility index (Phi) is 4.77. The number of nitrogens with zero attached hydrogens (tertiary/aromatic N) is 1. The average Bonchev–Trinajstić information content (AvgIpc) is 3.43. The summed E-state index contributed by atoms with van der Waals surface area (Å²) in [5, 5.41) is 9.62. The van der Waals surface area contributed by atoms with Gasteiger partial charge < -0.3 is 16.0 Å². The first-order valence-electron chi connectivity index (χ1n) is 8.92. The van der Waals surface area contributed by atoms with E-state index in [0.29, 0.717) is 5.69 Å². The third-order valence-corrected chi connectivity index (χ3v) is 5.36. The van der Waals surface area contributed by atoms with Gasteiger partial charge in [0.1, 0.15) is 6.04 Å². The van der Waals surface area contributed by atoms with Gasteiger partial charge in [-0.1, -0.05) is 23.5 Å². The molecule has 138 valence electrons. The topological polar surface area (TPSA) is 83.1 Å². The highest BCUT2D eigenvalue weighted by Crippen LogP contribution is 2.30. The number of amides is 2. The summed E-state index contributed by atoms with van der Waals surface area (Å²) in [5.41, 5.74) is 2.34. The Labute approximate surface area is 161 Å². The van der Waals surface area contributed by atoms with Gasteiger partial charge in [0.15, 0.2) is 5.13 Å². The predicted molar refractivity (Wildman–Crippen MR) is 109 cm³/mol. The zero-order valence-electron chi connectivity index (χ0n) is 14.9. The monoisotopic (exact) mass is 380 g/mol. The van der Waals surface area contributed by atoms with E-state index in [1.165, 1.54) is 11.3 Å². The van der Waals surface area contributed by atoms with Crippen LogP contribution in [0.5, 0.6) is 0 Å². The van der Waals surface area contributed by atoms with Crippen molar-refractivity contribution in [1.82, 2.24) is 4.98 Å². The van der Waals surface area contributed by atoms with Crippen molar-refractivity contribution in [3.8, 4) is 0 Å². The molecule has 3 aromatic rings. The van der Waals surface area contributed by atoms with Crippen LogP contribution < -0.4 is 16.0 Å². The number of hydrogen-bond acceptors (Lipinski definition) is 5. The number of carbonyl (C=O) groups is 2. The van der Waals surface area contributed by atoms with E-state index in [9.17, 15) is 9.59 Å². The van der Waals surface area contributed by atoms with Crippen LogP contribution in [0.3, 0.4) is 0 Å². The van der Waals surface area contributed by atoms with E-state index in [2.05, 4.69) is 20.9 Å². The van der Waals surface area contributed by atoms with Gasteiger partial charge in [-0.15, -0.1) is 0 Å². The summed E-state index contributed by atoms with van der Waals surface area (Å²) in [6.45, 7) is 1.80. The normalized spacial score (nSPS) is 14.6. The Hall–Kier alpha value is -2.93. The van der Waals surface area contributed by atoms with E-state index in [0.717, 1.165) is 33.9 Å². The SMILES string of the molecule is C[C@@H](Nc1nc2ccccc2s1)C(=O)Nc1ccc(NC(=O)C2CC2)cc1. The van der Waals surface area contributed by atoms with Crippen molar-refractivity contribution in [1.29, 1.82) is 0 Å². The molecular formula is C20H20N4O2S. The molecule has 3 N–H and O–H groups in total. The second-order valence-electron chi connectivity index (χ2n) is 6.68. The van der Waals surface area contributed by atoms with Gasteiger partial charge in [0.25, 0.3) is 0 Å². The van der Waals surface area contributed by atoms with Gasteiger partial charge in [-0.05, 0) is 56.2 Å². The summed E-state index contributed by atoms with van der Waals surface area (Å²) in [5.74, 6) is 0.0864. The number of nitrogens with one attached hydrogen (secondary N) is 3. The van der Waals surface area contributed by atoms with Gasteiger partial charge >= 0.3 is 0 Å². The van der Waals surface area contributed by atoms with Crippen molar-refractivity contribution in [2.24, 2.45) is 5.92 Å². The first kappa shape index (κ1) is 17.5. The molecule has 1 saturated carbocycles. The third-order valence-electron chi connectivity index (χ3n) is 4.40. The molecular weight excluding hydrogens is 360 g/mol. The fourth-order valence-corrected chi connectivity index (χ4v) is 3.61. The van der Waals surface area contributed by atoms with Gasteiger partial charge in [-0.25, -0.2) is 4.98 Å². The average molecular weight is 380 g/mol. The quantitative estimate of drug-likeness (QED) is 0.602. The first-order chi connectivity index (χ1) is 13.1. The second kappa shape index (κ2) is 7.36. The molecule has 7 heteroatoms. The summed E-state index contributed by atoms with van der Waals surface area (Å²) in [4.78, 5) is 28.7. The standard InChI is InChI=1S/C20H20N4O2S/c1-12(21-20-24-16-4-2-3-5-17(16)27-20)18(25)22-14-8-10-15(11-9-14)23-19(26)13-6-7-13/h2-5,8-13H,6-7H2,1H3,(H,21,24)(H,22,25)(H,23,26)/t12-/m1/s1. The fourth-order valence-electron chi connectivity index (χ4n) is 2.66. The number of carbonyl (C=O) groups excluding carboxylic acids is 2. The molecule has 0 spiro atoms. The zero-order chi connectivity index (χ0) is 18.8. The third kappa shape index (κ3) is 4.25. The number of fused-ring (bicyclic) bond motifs is 1. The Bertz CT molecular complexity index is 946. The molecule has 0 aliphatic heterocycles. The van der Waals surface area contributed by atoms with Crippen LogP contribution in [0.25, 0.3) is 10.2 Å². The Morgan fingerprint density at radius 3 is 2.37 bits per heavy atom. The first-order valence-corrected chi connectivity index (χ1v) is 9.74. The molecule has 1 aliphatic carbocycles. The highest BCUT2D eigenvalue weighted by molar-refractivity contribution is 7.22. The molecule has 27 heavy (non-hydrogen) atoms. The number of thiazole rings is 1. The maximum Gasteiger partial charge on any atom is 0.246 e. The molecule has 6 nitrogen and oxygen atoms in total. The zero-order valence-corrected chi connectivity index (χ0v) is 15.7. The molecule has 1 atom stereocenters. The van der Waals surface area contributed by atoms with Gasteiger partial charge in [0, 0.05) is 17.3 Å². The van der Waals surface area contributed by atoms with Gasteiger partial charge in [0.05, 0.1) is 10.2 Å². The van der Waals surface area contributed by atoms with Crippen molar-refractivity contribution in [2.75, 3.05) is 16.0 Å². The summed E-state index contributed by atoms with van der Waals surface area (Å²) in [7, 11) is 0. The van der Waals surface area contributed by atoms with Crippen LogP contribution >= 0.6 is 11.3 Å². The maximum absolute atomic E-state index is 12.4. The Morgan fingerprint density at radius 1 is 1.04 bits per heavy atom. The Morgan fingerprint density at radius 2 is 1.70 bits per heavy atom. The summed E-state index contributed by atoms with van der Waals surface area (Å²) >= 11 is 1.52. The number of anilines is 3. The number of rotatable bonds is 6. The summed E-state index contributed by atoms with van der Waals surface area (Å²) < 4.78 is 1.08. The van der Waals surface area contributed by atoms with Crippen LogP contribution in [0.2, 0.25) is 0 Å². The van der Waals surface area contributed by atoms with Gasteiger partial charge in [0.2, 0.25) is 11.8 Å². The lowest BCUT2D eigenvalue weighted by Gasteiger charge is -2.13. The maximum atomic E-state index is 12.4. The smallest absolute Gasteiger partial charge is 0.246 e. The molecule has 0 bridgehead atoms. The largest absolute Gasteiger partial charge is 0.350 e. The highest BCUT2D eigenvalue weighted by atomic mass is 32.1. The molecule has 1 aliphatic rings. The minimum atomic E-state index is -0.431. The van der Waals surface area contributed by atoms with Crippen LogP contribution in [-0.4, -0.2) is 22.8 Å². The molecule has 2 amide bonds. The lowest BCUT2D eigenvalue weighted by molar-refractivity contribution is -0.117. The number of benzene rings is 2. The molecule has 0 unspecified atom stereocenters. The van der Waals surface area contributed by atoms with Crippen LogP contribution in [0, 0.1) is 5.92 Å². The molecule has 0 saturated heterocycles. The molecule has 1 heterocycles. The Balaban J connectivity index is 1.34. The van der Waals surface area contributed by atoms with Crippen molar-refractivity contribution in [3.63, 3.8) is 0 Å². The summed E-state index contributed by atoms with van der Waals surface area (Å²) in [6.07, 6.45) is 1.94. The highest BCUT2D eigenvalue weighted by Gasteiger charge is 2.29. The lowest BCUT2D eigenvalue weighted by atomic mass is 10.2. The van der Waals surface area contributed by atoms with E-state index in [1.54, 1.807) is 31.2 Å². The molecule has 1 fully saturated rings. The second-order valence-corrected chi connectivity index (χ2v) is 7.71. The number of hydrogen-bond donors (Lipinski definition) is 3. The predicted octanol–water partition coefficient (Wildman–Crippen LogP) is 4.08. The van der Waals surface area contributed by atoms with Gasteiger partial charge in [-0.2, -0.15) is 0 Å². The number of aromatic nitrogens is 1. The van der Waals surface area contributed by atoms with E-state index < -0.39 is 6.04 Å². The van der Waals surface area contributed by atoms with E-state index in [1.807, 2.05) is 24.3 Å². The lowest BCUT2D eigenvalue weighted by Crippen LogP contribution is -2.31. The molecule has 2 aromatic carbocycles. The number of para-hydroxylation sites is 1. The summed E-state index contributed by atoms with van der Waals surface area (Å²) in [6, 6.07) is 14.6. The minimum absolute atomic E-state index is 0.0699. The van der Waals surface area contributed by atoms with E-state index in [-0.39, 0.29) is 17.7 Å². The molecule has 1 aromatic heterocycles. The molecule has 4 rings (SSSR count). The van der Waals surface area contributed by atoms with Crippen LogP contribution in [0.15, 0.2) is 48.5 Å². The van der Waals surface area contributed by atoms with Crippen molar-refractivity contribution < 1.29 is 9.59 Å². The van der Waals surface area contributed by atoms with Crippen LogP contribution in [0.1, 0.15) is 19.8 Å². The van der Waals surface area contributed by atoms with Crippen molar-refractivity contribution >= 4 is 49.9 Å². The van der Waals surface area contributed by atoms with E-state index in [4.69, 9.17) is 0 Å². The minimum Gasteiger partial charge on any atom is -0.350 e. The van der Waals surface area contributed by atoms with Crippen molar-refractivity contribution in [3.05, 3.63) is 48.5 Å². The van der Waals surface area contributed by atoms with E-state index >= 15 is 0 Å². The van der Waals surface area contributed by atoms with Crippen LogP contribution in [-0.2, 0) is 9.59 Å². The van der Waals surface area contributed by atoms with Gasteiger partial charge in [-0.3, -0.25) is 9.59 Å².